The number of aromatic amines is 1. The molecule has 7 nitrogen and oxygen atoms in total. The quantitative estimate of drug-likeness (QED) is 0.721. The van der Waals surface area contributed by atoms with E-state index in [9.17, 15) is 9.18 Å². The highest BCUT2D eigenvalue weighted by molar-refractivity contribution is 6.31. The van der Waals surface area contributed by atoms with Crippen molar-refractivity contribution in [2.75, 3.05) is 11.9 Å². The van der Waals surface area contributed by atoms with Crippen molar-refractivity contribution in [3.8, 4) is 0 Å². The molecule has 3 aromatic rings. The van der Waals surface area contributed by atoms with E-state index in [1.807, 2.05) is 13.0 Å². The number of anilines is 2. The lowest BCUT2D eigenvalue weighted by Crippen LogP contribution is -2.37. The maximum absolute atomic E-state index is 14.2. The minimum absolute atomic E-state index is 0.0367. The molecule has 0 spiro atoms. The van der Waals surface area contributed by atoms with E-state index in [4.69, 9.17) is 11.6 Å². The Morgan fingerprint density at radius 2 is 2.22 bits per heavy atom. The Morgan fingerprint density at radius 1 is 1.37 bits per heavy atom. The standard InChI is InChI=1S/C18H16ClFN6O/c1-10-7-15(25-24-10)23-17-11-5-6-26(8-14(11)21-9-22-17)18(27)12-3-2-4-13(19)16(12)20/h2-4,7,9H,5-6,8H2,1H3,(H2,21,22,23,24,25). The number of aromatic nitrogens is 4. The lowest BCUT2D eigenvalue weighted by atomic mass is 10.0. The zero-order valence-electron chi connectivity index (χ0n) is 14.5. The number of hydrogen-bond donors (Lipinski definition) is 2. The van der Waals surface area contributed by atoms with Crippen LogP contribution in [0.2, 0.25) is 5.02 Å². The van der Waals surface area contributed by atoms with Gasteiger partial charge in [0.25, 0.3) is 5.91 Å². The Kier molecular flexibility index (Phi) is 4.49. The molecule has 0 unspecified atom stereocenters. The summed E-state index contributed by atoms with van der Waals surface area (Å²) < 4.78 is 14.2. The highest BCUT2D eigenvalue weighted by Crippen LogP contribution is 2.27. The summed E-state index contributed by atoms with van der Waals surface area (Å²) in [4.78, 5) is 22.9. The van der Waals surface area contributed by atoms with Gasteiger partial charge in [0.2, 0.25) is 0 Å². The first-order valence-corrected chi connectivity index (χ1v) is 8.76. The highest BCUT2D eigenvalue weighted by atomic mass is 35.5. The number of H-pyrrole nitrogens is 1. The molecule has 27 heavy (non-hydrogen) atoms. The Bertz CT molecular complexity index is 1020. The van der Waals surface area contributed by atoms with Crippen LogP contribution < -0.4 is 5.32 Å². The fraction of sp³-hybridized carbons (Fsp3) is 0.222. The van der Waals surface area contributed by atoms with Crippen LogP contribution in [0.15, 0.2) is 30.6 Å². The van der Waals surface area contributed by atoms with Gasteiger partial charge in [0.05, 0.1) is 22.8 Å². The second-order valence-electron chi connectivity index (χ2n) is 6.29. The zero-order valence-corrected chi connectivity index (χ0v) is 15.2. The molecule has 3 heterocycles. The molecule has 1 aromatic carbocycles. The summed E-state index contributed by atoms with van der Waals surface area (Å²) in [5.41, 5.74) is 2.54. The lowest BCUT2D eigenvalue weighted by molar-refractivity contribution is 0.0727. The van der Waals surface area contributed by atoms with Crippen LogP contribution in [0.4, 0.5) is 16.0 Å². The van der Waals surface area contributed by atoms with E-state index in [2.05, 4.69) is 25.5 Å². The summed E-state index contributed by atoms with van der Waals surface area (Å²) in [7, 11) is 0. The average molecular weight is 387 g/mol. The number of hydrogen-bond acceptors (Lipinski definition) is 5. The van der Waals surface area contributed by atoms with Crippen LogP contribution in [0.25, 0.3) is 0 Å². The molecule has 4 rings (SSSR count). The van der Waals surface area contributed by atoms with Crippen molar-refractivity contribution in [1.82, 2.24) is 25.1 Å². The monoisotopic (exact) mass is 386 g/mol. The van der Waals surface area contributed by atoms with E-state index in [1.54, 1.807) is 11.0 Å². The fourth-order valence-electron chi connectivity index (χ4n) is 3.08. The van der Waals surface area contributed by atoms with Gasteiger partial charge in [0, 0.05) is 23.9 Å². The Labute approximate surface area is 159 Å². The second kappa shape index (κ2) is 6.96. The SMILES string of the molecule is Cc1cc(Nc2ncnc3c2CCN(C(=O)c2cccc(Cl)c2F)C3)n[nH]1. The molecule has 0 saturated heterocycles. The average Bonchev–Trinajstić information content (AvgIpc) is 3.08. The summed E-state index contributed by atoms with van der Waals surface area (Å²) in [5.74, 6) is 0.214. The first-order valence-electron chi connectivity index (χ1n) is 8.38. The molecule has 1 amide bonds. The van der Waals surface area contributed by atoms with Crippen LogP contribution in [0, 0.1) is 12.7 Å². The number of nitrogens with one attached hydrogen (secondary N) is 2. The topological polar surface area (TPSA) is 86.8 Å². The van der Waals surface area contributed by atoms with Gasteiger partial charge in [-0.25, -0.2) is 14.4 Å². The Hall–Kier alpha value is -3.00. The van der Waals surface area contributed by atoms with E-state index < -0.39 is 11.7 Å². The first kappa shape index (κ1) is 17.4. The van der Waals surface area contributed by atoms with Crippen molar-refractivity contribution in [2.45, 2.75) is 19.9 Å². The molecule has 0 saturated carbocycles. The van der Waals surface area contributed by atoms with E-state index in [1.165, 1.54) is 18.5 Å². The number of rotatable bonds is 3. The van der Waals surface area contributed by atoms with Gasteiger partial charge in [-0.05, 0) is 25.5 Å². The number of aryl methyl sites for hydroxylation is 1. The molecule has 0 bridgehead atoms. The second-order valence-corrected chi connectivity index (χ2v) is 6.69. The van der Waals surface area contributed by atoms with Crippen LogP contribution in [0.5, 0.6) is 0 Å². The molecule has 2 N–H and O–H groups in total. The van der Waals surface area contributed by atoms with Crippen molar-refractivity contribution < 1.29 is 9.18 Å². The normalized spacial score (nSPS) is 13.4. The van der Waals surface area contributed by atoms with Crippen molar-refractivity contribution >= 4 is 29.1 Å². The molecule has 0 fully saturated rings. The molecule has 1 aliphatic rings. The van der Waals surface area contributed by atoms with Gasteiger partial charge >= 0.3 is 0 Å². The van der Waals surface area contributed by atoms with E-state index in [-0.39, 0.29) is 17.1 Å². The molecular formula is C18H16ClFN6O. The van der Waals surface area contributed by atoms with Gasteiger partial charge in [0.15, 0.2) is 11.6 Å². The molecule has 138 valence electrons. The molecule has 2 aromatic heterocycles. The number of halogens is 2. The van der Waals surface area contributed by atoms with E-state index >= 15 is 0 Å². The van der Waals surface area contributed by atoms with Gasteiger partial charge in [-0.3, -0.25) is 9.89 Å². The molecule has 0 atom stereocenters. The minimum Gasteiger partial charge on any atom is -0.332 e. The third-order valence-electron chi connectivity index (χ3n) is 4.43. The predicted octanol–water partition coefficient (Wildman–Crippen LogP) is 3.24. The number of fused-ring (bicyclic) bond motifs is 1. The van der Waals surface area contributed by atoms with Gasteiger partial charge in [0.1, 0.15) is 12.1 Å². The summed E-state index contributed by atoms with van der Waals surface area (Å²) in [6, 6.07) is 6.29. The van der Waals surface area contributed by atoms with Gasteiger partial charge in [-0.2, -0.15) is 5.10 Å². The molecule has 0 aliphatic carbocycles. The number of carbonyl (C=O) groups excluding carboxylic acids is 1. The van der Waals surface area contributed by atoms with E-state index in [0.717, 1.165) is 17.0 Å². The number of nitrogens with zero attached hydrogens (tertiary/aromatic N) is 4. The molecule has 1 aliphatic heterocycles. The smallest absolute Gasteiger partial charge is 0.257 e. The lowest BCUT2D eigenvalue weighted by Gasteiger charge is -2.29. The number of carbonyl (C=O) groups is 1. The first-order chi connectivity index (χ1) is 13.0. The van der Waals surface area contributed by atoms with Crippen molar-refractivity contribution in [3.63, 3.8) is 0 Å². The van der Waals surface area contributed by atoms with Crippen LogP contribution >= 0.6 is 11.6 Å². The summed E-state index contributed by atoms with van der Waals surface area (Å²) in [5, 5.41) is 10.1. The Morgan fingerprint density at radius 3 is 3.00 bits per heavy atom. The number of amides is 1. The zero-order chi connectivity index (χ0) is 19.0. The molecule has 9 heteroatoms. The fourth-order valence-corrected chi connectivity index (χ4v) is 3.25. The van der Waals surface area contributed by atoms with Gasteiger partial charge in [-0.15, -0.1) is 0 Å². The third-order valence-corrected chi connectivity index (χ3v) is 4.72. The van der Waals surface area contributed by atoms with Crippen molar-refractivity contribution in [2.24, 2.45) is 0 Å². The maximum atomic E-state index is 14.2. The predicted molar refractivity (Wildman–Crippen MR) is 98.5 cm³/mol. The summed E-state index contributed by atoms with van der Waals surface area (Å²) in [6.45, 7) is 2.61. The van der Waals surface area contributed by atoms with Gasteiger partial charge < -0.3 is 10.2 Å². The molecule has 0 radical (unpaired) electrons. The van der Waals surface area contributed by atoms with Crippen LogP contribution in [-0.4, -0.2) is 37.5 Å². The van der Waals surface area contributed by atoms with Crippen LogP contribution in [0.3, 0.4) is 0 Å². The van der Waals surface area contributed by atoms with Crippen LogP contribution in [-0.2, 0) is 13.0 Å². The van der Waals surface area contributed by atoms with E-state index in [0.29, 0.717) is 24.6 Å². The van der Waals surface area contributed by atoms with Crippen LogP contribution in [0.1, 0.15) is 27.3 Å². The molecular weight excluding hydrogens is 371 g/mol. The van der Waals surface area contributed by atoms with Crippen molar-refractivity contribution in [1.29, 1.82) is 0 Å². The third kappa shape index (κ3) is 3.35. The van der Waals surface area contributed by atoms with Crippen molar-refractivity contribution in [3.05, 3.63) is 63.9 Å². The Balaban J connectivity index is 1.58. The minimum atomic E-state index is -0.700. The maximum Gasteiger partial charge on any atom is 0.257 e. The van der Waals surface area contributed by atoms with Gasteiger partial charge in [-0.1, -0.05) is 17.7 Å². The number of benzene rings is 1. The highest BCUT2D eigenvalue weighted by Gasteiger charge is 2.27. The largest absolute Gasteiger partial charge is 0.332 e. The summed E-state index contributed by atoms with van der Waals surface area (Å²) >= 11 is 5.79. The summed E-state index contributed by atoms with van der Waals surface area (Å²) in [6.07, 6.45) is 1.99.